The summed E-state index contributed by atoms with van der Waals surface area (Å²) >= 11 is 0. The summed E-state index contributed by atoms with van der Waals surface area (Å²) in [5.74, 6) is 2.37. The van der Waals surface area contributed by atoms with Crippen LogP contribution in [0, 0.1) is 0 Å². The predicted molar refractivity (Wildman–Crippen MR) is 163 cm³/mol. The molecule has 0 aliphatic carbocycles. The molecule has 216 valence electrons. The van der Waals surface area contributed by atoms with Gasteiger partial charge in [0, 0.05) is 18.7 Å². The fourth-order valence-electron chi connectivity index (χ4n) is 5.51. The molecule has 1 aromatic heterocycles. The highest BCUT2D eigenvalue weighted by atomic mass is 16.5. The molecule has 0 amide bonds. The molecule has 2 heterocycles. The first-order chi connectivity index (χ1) is 20.0. The Morgan fingerprint density at radius 1 is 0.878 bits per heavy atom. The first-order valence-corrected chi connectivity index (χ1v) is 14.4. The number of likely N-dealkylation sites (tertiary alicyclic amines) is 1. The third-order valence-corrected chi connectivity index (χ3v) is 8.07. The molecule has 0 bridgehead atoms. The molecule has 41 heavy (non-hydrogen) atoms. The molecule has 1 aliphatic heterocycles. The average Bonchev–Trinajstić information content (AvgIpc) is 3.02. The highest BCUT2D eigenvalue weighted by Gasteiger charge is 2.22. The zero-order chi connectivity index (χ0) is 28.6. The maximum atomic E-state index is 13.1. The van der Waals surface area contributed by atoms with Crippen molar-refractivity contribution in [3.05, 3.63) is 88.8 Å². The Labute approximate surface area is 242 Å². The SMILES string of the molecule is COc1ccc(CN2CCC(N(C)CCCCOc3ccc4c(=O)c(-c5ccc(OC)cc5)coc4c3)CC2)cc1. The van der Waals surface area contributed by atoms with Gasteiger partial charge in [-0.15, -0.1) is 0 Å². The van der Waals surface area contributed by atoms with Crippen LogP contribution in [0.5, 0.6) is 17.2 Å². The number of hydrogen-bond acceptors (Lipinski definition) is 7. The summed E-state index contributed by atoms with van der Waals surface area (Å²) in [7, 11) is 5.57. The summed E-state index contributed by atoms with van der Waals surface area (Å²) in [4.78, 5) is 18.1. The summed E-state index contributed by atoms with van der Waals surface area (Å²) in [6.45, 7) is 4.95. The minimum atomic E-state index is -0.0578. The van der Waals surface area contributed by atoms with Gasteiger partial charge in [0.05, 0.1) is 31.8 Å². The minimum Gasteiger partial charge on any atom is -0.497 e. The van der Waals surface area contributed by atoms with Crippen LogP contribution in [0.15, 0.2) is 82.2 Å². The molecule has 0 spiro atoms. The van der Waals surface area contributed by atoms with Gasteiger partial charge in [-0.3, -0.25) is 9.69 Å². The zero-order valence-corrected chi connectivity index (χ0v) is 24.3. The number of ether oxygens (including phenoxy) is 3. The summed E-state index contributed by atoms with van der Waals surface area (Å²) in [6.07, 6.45) is 5.97. The van der Waals surface area contributed by atoms with E-state index in [-0.39, 0.29) is 5.43 Å². The van der Waals surface area contributed by atoms with Crippen molar-refractivity contribution in [3.8, 4) is 28.4 Å². The van der Waals surface area contributed by atoms with Crippen LogP contribution in [0.1, 0.15) is 31.2 Å². The normalized spacial score (nSPS) is 14.4. The molecular weight excluding hydrogens is 516 g/mol. The second-order valence-electron chi connectivity index (χ2n) is 10.8. The third-order valence-electron chi connectivity index (χ3n) is 8.07. The number of hydrogen-bond donors (Lipinski definition) is 0. The van der Waals surface area contributed by atoms with Gasteiger partial charge in [0.25, 0.3) is 0 Å². The fraction of sp³-hybridized carbons (Fsp3) is 0.382. The third kappa shape index (κ3) is 7.29. The molecule has 0 unspecified atom stereocenters. The lowest BCUT2D eigenvalue weighted by atomic mass is 10.0. The van der Waals surface area contributed by atoms with Crippen LogP contribution in [0.3, 0.4) is 0 Å². The van der Waals surface area contributed by atoms with E-state index in [1.54, 1.807) is 26.4 Å². The molecule has 0 atom stereocenters. The van der Waals surface area contributed by atoms with E-state index >= 15 is 0 Å². The van der Waals surface area contributed by atoms with Gasteiger partial charge in [0.2, 0.25) is 0 Å². The zero-order valence-electron chi connectivity index (χ0n) is 24.3. The van der Waals surface area contributed by atoms with Crippen LogP contribution < -0.4 is 19.6 Å². The van der Waals surface area contributed by atoms with Crippen molar-refractivity contribution in [1.82, 2.24) is 9.80 Å². The van der Waals surface area contributed by atoms with Crippen molar-refractivity contribution in [3.63, 3.8) is 0 Å². The fourth-order valence-corrected chi connectivity index (χ4v) is 5.51. The highest BCUT2D eigenvalue weighted by Crippen LogP contribution is 2.25. The second kappa shape index (κ2) is 13.7. The lowest BCUT2D eigenvalue weighted by Gasteiger charge is -2.36. The van der Waals surface area contributed by atoms with Crippen LogP contribution in [-0.2, 0) is 6.54 Å². The van der Waals surface area contributed by atoms with Gasteiger partial charge in [0.1, 0.15) is 29.1 Å². The van der Waals surface area contributed by atoms with Crippen LogP contribution in [0.4, 0.5) is 0 Å². The van der Waals surface area contributed by atoms with E-state index in [2.05, 4.69) is 29.0 Å². The molecule has 5 rings (SSSR count). The minimum absolute atomic E-state index is 0.0578. The van der Waals surface area contributed by atoms with E-state index in [4.69, 9.17) is 18.6 Å². The standard InChI is InChI=1S/C34H40N2O5/c1-35(27-16-19-36(20-17-27)23-25-6-10-28(38-2)11-7-25)18-4-5-21-40-30-14-15-31-33(22-30)41-24-32(34(31)37)26-8-12-29(39-3)13-9-26/h6-15,22,24,27H,4-5,16-21,23H2,1-3H3. The lowest BCUT2D eigenvalue weighted by Crippen LogP contribution is -2.43. The molecular formula is C34H40N2O5. The molecule has 1 saturated heterocycles. The van der Waals surface area contributed by atoms with Gasteiger partial charge in [-0.2, -0.15) is 0 Å². The van der Waals surface area contributed by atoms with Gasteiger partial charge in [-0.1, -0.05) is 24.3 Å². The highest BCUT2D eigenvalue weighted by molar-refractivity contribution is 5.82. The molecule has 0 saturated carbocycles. The first-order valence-electron chi connectivity index (χ1n) is 14.4. The summed E-state index contributed by atoms with van der Waals surface area (Å²) in [5.41, 5.74) is 3.14. The van der Waals surface area contributed by atoms with Crippen molar-refractivity contribution >= 4 is 11.0 Å². The van der Waals surface area contributed by atoms with Crippen molar-refractivity contribution < 1.29 is 18.6 Å². The van der Waals surface area contributed by atoms with Gasteiger partial charge >= 0.3 is 0 Å². The van der Waals surface area contributed by atoms with E-state index in [1.165, 1.54) is 24.7 Å². The van der Waals surface area contributed by atoms with Crippen LogP contribution in [0.2, 0.25) is 0 Å². The Bertz CT molecular complexity index is 1460. The number of nitrogens with zero attached hydrogens (tertiary/aromatic N) is 2. The Hall–Kier alpha value is -3.81. The molecule has 7 heteroatoms. The van der Waals surface area contributed by atoms with Crippen LogP contribution in [0.25, 0.3) is 22.1 Å². The quantitative estimate of drug-likeness (QED) is 0.192. The van der Waals surface area contributed by atoms with Crippen molar-refractivity contribution in [2.24, 2.45) is 0 Å². The molecule has 4 aromatic rings. The van der Waals surface area contributed by atoms with Gasteiger partial charge in [-0.05, 0) is 99.9 Å². The molecule has 0 N–H and O–H groups in total. The molecule has 0 radical (unpaired) electrons. The van der Waals surface area contributed by atoms with E-state index in [9.17, 15) is 4.79 Å². The van der Waals surface area contributed by atoms with Gasteiger partial charge in [0.15, 0.2) is 5.43 Å². The van der Waals surface area contributed by atoms with E-state index in [1.807, 2.05) is 42.5 Å². The molecule has 7 nitrogen and oxygen atoms in total. The average molecular weight is 557 g/mol. The number of fused-ring (bicyclic) bond motifs is 1. The predicted octanol–water partition coefficient (Wildman–Crippen LogP) is 6.23. The Morgan fingerprint density at radius 3 is 2.22 bits per heavy atom. The van der Waals surface area contributed by atoms with Crippen molar-refractivity contribution in [2.45, 2.75) is 38.3 Å². The molecule has 1 fully saturated rings. The monoisotopic (exact) mass is 556 g/mol. The summed E-state index contributed by atoms with van der Waals surface area (Å²) in [6, 6.07) is 21.9. The largest absolute Gasteiger partial charge is 0.497 e. The van der Waals surface area contributed by atoms with Crippen molar-refractivity contribution in [1.29, 1.82) is 0 Å². The van der Waals surface area contributed by atoms with Crippen LogP contribution in [-0.4, -0.2) is 63.4 Å². The maximum absolute atomic E-state index is 13.1. The number of rotatable bonds is 12. The topological polar surface area (TPSA) is 64.4 Å². The lowest BCUT2D eigenvalue weighted by molar-refractivity contribution is 0.121. The number of benzene rings is 3. The van der Waals surface area contributed by atoms with Crippen LogP contribution >= 0.6 is 0 Å². The number of piperidine rings is 1. The number of methoxy groups -OCH3 is 2. The van der Waals surface area contributed by atoms with Gasteiger partial charge < -0.3 is 23.5 Å². The summed E-state index contributed by atoms with van der Waals surface area (Å²) in [5, 5.41) is 0.544. The second-order valence-corrected chi connectivity index (χ2v) is 10.8. The molecule has 1 aliphatic rings. The Balaban J connectivity index is 1.04. The van der Waals surface area contributed by atoms with E-state index < -0.39 is 0 Å². The Kier molecular flexibility index (Phi) is 9.59. The molecule has 3 aromatic carbocycles. The van der Waals surface area contributed by atoms with Crippen molar-refractivity contribution in [2.75, 3.05) is 47.5 Å². The summed E-state index contributed by atoms with van der Waals surface area (Å²) < 4.78 is 22.3. The maximum Gasteiger partial charge on any atom is 0.200 e. The number of unbranched alkanes of at least 4 members (excludes halogenated alkanes) is 1. The Morgan fingerprint density at radius 2 is 1.54 bits per heavy atom. The first kappa shape index (κ1) is 28.7. The smallest absolute Gasteiger partial charge is 0.200 e. The van der Waals surface area contributed by atoms with E-state index in [0.29, 0.717) is 29.2 Å². The van der Waals surface area contributed by atoms with Gasteiger partial charge in [-0.25, -0.2) is 0 Å². The van der Waals surface area contributed by atoms with E-state index in [0.717, 1.165) is 61.8 Å².